The average molecular weight is 236 g/mol. The Hall–Kier alpha value is 0.0649. The van der Waals surface area contributed by atoms with Gasteiger partial charge in [-0.25, -0.2) is 0 Å². The normalized spacial score (nSPS) is 14.8. The second-order valence-corrected chi connectivity index (χ2v) is 5.76. The topological polar surface area (TPSA) is 0 Å². The first kappa shape index (κ1) is 17.1. The molecule has 17 heavy (non-hydrogen) atoms. The van der Waals surface area contributed by atoms with Crippen LogP contribution in [0.3, 0.4) is 0 Å². The zero-order chi connectivity index (χ0) is 12.9. The fraction of sp³-hybridized carbons (Fsp3) is 1.00. The smallest absolute Gasteiger partial charge is 0.0699 e. The number of rotatable bonds is 12. The van der Waals surface area contributed by atoms with Crippen LogP contribution in [-0.4, -0.2) is 7.85 Å². The van der Waals surface area contributed by atoms with Gasteiger partial charge in [-0.15, -0.1) is 0 Å². The van der Waals surface area contributed by atoms with E-state index >= 15 is 0 Å². The van der Waals surface area contributed by atoms with Crippen LogP contribution < -0.4 is 0 Å². The van der Waals surface area contributed by atoms with Crippen LogP contribution in [0.15, 0.2) is 0 Å². The molecule has 0 aliphatic heterocycles. The Morgan fingerprint density at radius 2 is 1.35 bits per heavy atom. The van der Waals surface area contributed by atoms with Crippen LogP contribution in [0.4, 0.5) is 0 Å². The van der Waals surface area contributed by atoms with Gasteiger partial charge in [-0.05, 0) is 5.92 Å². The molecule has 0 aliphatic rings. The highest BCUT2D eigenvalue weighted by Crippen LogP contribution is 2.21. The summed E-state index contributed by atoms with van der Waals surface area (Å²) >= 11 is 0. The standard InChI is InChI=1S/C16H33B/c1-4-6-7-8-9-10-13-16(17)14-11-12-15(3)5-2/h15-16H,4-14H2,1-3H3/t15-,16?/m0/s1. The van der Waals surface area contributed by atoms with Gasteiger partial charge in [0.05, 0.1) is 7.85 Å². The molecule has 0 nitrogen and oxygen atoms in total. The minimum atomic E-state index is 0.463. The molecule has 0 bridgehead atoms. The Kier molecular flexibility index (Phi) is 12.6. The minimum Gasteiger partial charge on any atom is -0.0774 e. The summed E-state index contributed by atoms with van der Waals surface area (Å²) in [5, 5.41) is 0. The van der Waals surface area contributed by atoms with E-state index in [2.05, 4.69) is 20.8 Å². The molecule has 0 aromatic rings. The molecule has 0 fully saturated rings. The highest BCUT2D eigenvalue weighted by atomic mass is 14.1. The molecule has 2 radical (unpaired) electrons. The third-order valence-electron chi connectivity index (χ3n) is 3.90. The summed E-state index contributed by atoms with van der Waals surface area (Å²) in [4.78, 5) is 0. The summed E-state index contributed by atoms with van der Waals surface area (Å²) < 4.78 is 0. The number of hydrogen-bond acceptors (Lipinski definition) is 0. The first-order valence-corrected chi connectivity index (χ1v) is 7.96. The van der Waals surface area contributed by atoms with E-state index in [1.165, 1.54) is 70.6 Å². The third-order valence-corrected chi connectivity index (χ3v) is 3.90. The zero-order valence-electron chi connectivity index (χ0n) is 12.5. The van der Waals surface area contributed by atoms with Gasteiger partial charge in [0.2, 0.25) is 0 Å². The van der Waals surface area contributed by atoms with Crippen LogP contribution in [0.2, 0.25) is 5.82 Å². The van der Waals surface area contributed by atoms with Gasteiger partial charge in [-0.2, -0.15) is 0 Å². The average Bonchev–Trinajstić information content (AvgIpc) is 2.33. The van der Waals surface area contributed by atoms with E-state index < -0.39 is 0 Å². The molecule has 1 heteroatoms. The molecule has 2 atom stereocenters. The summed E-state index contributed by atoms with van der Waals surface area (Å²) in [5.74, 6) is 1.35. The van der Waals surface area contributed by atoms with E-state index in [-0.39, 0.29) is 0 Å². The molecule has 0 spiro atoms. The quantitative estimate of drug-likeness (QED) is 0.292. The molecular formula is C16H33B. The predicted octanol–water partition coefficient (Wildman–Crippen LogP) is 5.91. The fourth-order valence-corrected chi connectivity index (χ4v) is 2.26. The summed E-state index contributed by atoms with van der Waals surface area (Å²) in [6.07, 6.45) is 14.8. The van der Waals surface area contributed by atoms with Crippen molar-refractivity contribution >= 4 is 7.85 Å². The van der Waals surface area contributed by atoms with Gasteiger partial charge in [-0.1, -0.05) is 97.2 Å². The summed E-state index contributed by atoms with van der Waals surface area (Å²) in [6, 6.07) is 0. The summed E-state index contributed by atoms with van der Waals surface area (Å²) in [7, 11) is 6.14. The van der Waals surface area contributed by atoms with E-state index in [1.54, 1.807) is 0 Å². The van der Waals surface area contributed by atoms with E-state index in [9.17, 15) is 0 Å². The van der Waals surface area contributed by atoms with E-state index in [0.717, 1.165) is 5.92 Å². The lowest BCUT2D eigenvalue weighted by molar-refractivity contribution is 0.469. The second-order valence-electron chi connectivity index (χ2n) is 5.76. The molecule has 0 heterocycles. The lowest BCUT2D eigenvalue weighted by Crippen LogP contribution is -1.97. The Morgan fingerprint density at radius 1 is 0.765 bits per heavy atom. The fourth-order valence-electron chi connectivity index (χ4n) is 2.26. The van der Waals surface area contributed by atoms with Crippen molar-refractivity contribution in [2.45, 2.75) is 97.2 Å². The zero-order valence-corrected chi connectivity index (χ0v) is 12.5. The number of hydrogen-bond donors (Lipinski definition) is 0. The second kappa shape index (κ2) is 12.5. The van der Waals surface area contributed by atoms with Crippen molar-refractivity contribution in [3.05, 3.63) is 0 Å². The van der Waals surface area contributed by atoms with Crippen molar-refractivity contribution in [1.29, 1.82) is 0 Å². The highest BCUT2D eigenvalue weighted by molar-refractivity contribution is 6.11. The molecule has 1 unspecified atom stereocenters. The van der Waals surface area contributed by atoms with Gasteiger partial charge in [0, 0.05) is 0 Å². The lowest BCUT2D eigenvalue weighted by Gasteiger charge is -2.13. The third kappa shape index (κ3) is 12.3. The van der Waals surface area contributed by atoms with Crippen LogP contribution in [0.1, 0.15) is 91.4 Å². The van der Waals surface area contributed by atoms with E-state index in [0.29, 0.717) is 5.82 Å². The highest BCUT2D eigenvalue weighted by Gasteiger charge is 2.03. The minimum absolute atomic E-state index is 0.463. The Bertz CT molecular complexity index is 144. The van der Waals surface area contributed by atoms with Crippen molar-refractivity contribution in [1.82, 2.24) is 0 Å². The van der Waals surface area contributed by atoms with Crippen molar-refractivity contribution in [2.75, 3.05) is 0 Å². The van der Waals surface area contributed by atoms with Crippen molar-refractivity contribution in [3.63, 3.8) is 0 Å². The van der Waals surface area contributed by atoms with Crippen molar-refractivity contribution < 1.29 is 0 Å². The number of unbranched alkanes of at least 4 members (excludes halogenated alkanes) is 5. The van der Waals surface area contributed by atoms with Gasteiger partial charge in [-0.3, -0.25) is 0 Å². The molecule has 0 rings (SSSR count). The molecule has 0 aliphatic carbocycles. The lowest BCUT2D eigenvalue weighted by atomic mass is 9.78. The molecule has 0 aromatic carbocycles. The first-order valence-electron chi connectivity index (χ1n) is 7.96. The molecule has 0 saturated carbocycles. The van der Waals surface area contributed by atoms with Gasteiger partial charge in [0.1, 0.15) is 0 Å². The van der Waals surface area contributed by atoms with Gasteiger partial charge in [0.25, 0.3) is 0 Å². The van der Waals surface area contributed by atoms with Crippen LogP contribution in [0.5, 0.6) is 0 Å². The van der Waals surface area contributed by atoms with Crippen molar-refractivity contribution in [2.24, 2.45) is 5.92 Å². The molecular weight excluding hydrogens is 203 g/mol. The molecule has 0 saturated heterocycles. The maximum Gasteiger partial charge on any atom is 0.0699 e. The van der Waals surface area contributed by atoms with Crippen LogP contribution in [0.25, 0.3) is 0 Å². The summed E-state index contributed by atoms with van der Waals surface area (Å²) in [6.45, 7) is 6.90. The monoisotopic (exact) mass is 236 g/mol. The molecule has 100 valence electrons. The molecule has 0 amide bonds. The van der Waals surface area contributed by atoms with E-state index in [1.807, 2.05) is 0 Å². The van der Waals surface area contributed by atoms with Gasteiger partial charge >= 0.3 is 0 Å². The SMILES string of the molecule is [B]C(CCCCCCCC)CCC[C@@H](C)CC. The predicted molar refractivity (Wildman–Crippen MR) is 80.8 cm³/mol. The van der Waals surface area contributed by atoms with E-state index in [4.69, 9.17) is 7.85 Å². The maximum atomic E-state index is 6.14. The first-order chi connectivity index (χ1) is 8.20. The van der Waals surface area contributed by atoms with Crippen molar-refractivity contribution in [3.8, 4) is 0 Å². The maximum absolute atomic E-state index is 6.14. The Morgan fingerprint density at radius 3 is 2.00 bits per heavy atom. The summed E-state index contributed by atoms with van der Waals surface area (Å²) in [5.41, 5.74) is 0. The Labute approximate surface area is 111 Å². The van der Waals surface area contributed by atoms with Crippen LogP contribution >= 0.6 is 0 Å². The van der Waals surface area contributed by atoms with Crippen LogP contribution in [-0.2, 0) is 0 Å². The van der Waals surface area contributed by atoms with Gasteiger partial charge < -0.3 is 0 Å². The molecule has 0 N–H and O–H groups in total. The van der Waals surface area contributed by atoms with Crippen LogP contribution in [0, 0.1) is 5.92 Å². The largest absolute Gasteiger partial charge is 0.0774 e. The molecule has 0 aromatic heterocycles. The van der Waals surface area contributed by atoms with Gasteiger partial charge in [0.15, 0.2) is 0 Å². The Balaban J connectivity index is 3.20.